The van der Waals surface area contributed by atoms with E-state index >= 15 is 0 Å². The molecule has 0 saturated heterocycles. The highest BCUT2D eigenvalue weighted by molar-refractivity contribution is 7.92. The van der Waals surface area contributed by atoms with E-state index in [9.17, 15) is 13.2 Å². The second-order valence-corrected chi connectivity index (χ2v) is 10.9. The number of nitrogens with zero attached hydrogens (tertiary/aromatic N) is 1. The van der Waals surface area contributed by atoms with Crippen LogP contribution in [0, 0.1) is 0 Å². The Balaban J connectivity index is 1.97. The Labute approximate surface area is 194 Å². The smallest absolute Gasteiger partial charge is 0.243 e. The van der Waals surface area contributed by atoms with Gasteiger partial charge in [0.25, 0.3) is 0 Å². The van der Waals surface area contributed by atoms with Gasteiger partial charge in [-0.1, -0.05) is 56.1 Å². The van der Waals surface area contributed by atoms with Gasteiger partial charge >= 0.3 is 0 Å². The zero-order chi connectivity index (χ0) is 23.4. The molecule has 0 radical (unpaired) electrons. The summed E-state index contributed by atoms with van der Waals surface area (Å²) in [6.45, 7) is 8.39. The third-order valence-electron chi connectivity index (χ3n) is 4.64. The van der Waals surface area contributed by atoms with Crippen LogP contribution < -0.4 is 14.4 Å². The van der Waals surface area contributed by atoms with Gasteiger partial charge in [-0.3, -0.25) is 9.10 Å². The SMILES string of the molecule is C[C@@H](C(=O)NCCOc1ccc(C(C)(C)C)cc1)N(c1ccc(Cl)c(Cl)c1)S(C)(=O)=O. The Morgan fingerprint density at radius 1 is 1.10 bits per heavy atom. The number of hydrogen-bond acceptors (Lipinski definition) is 4. The largest absolute Gasteiger partial charge is 0.492 e. The standard InChI is InChI=1S/C22H28Cl2N2O4S/c1-15(26(31(5,28)29)17-8-11-19(23)20(24)14-17)21(27)25-12-13-30-18-9-6-16(7-10-18)22(2,3)4/h6-11,14-15H,12-13H2,1-5H3,(H,25,27)/t15-/m0/s1. The van der Waals surface area contributed by atoms with Crippen molar-refractivity contribution in [3.8, 4) is 5.75 Å². The number of ether oxygens (including phenoxy) is 1. The molecule has 1 amide bonds. The van der Waals surface area contributed by atoms with Gasteiger partial charge in [0.15, 0.2) is 0 Å². The molecule has 2 aromatic rings. The summed E-state index contributed by atoms with van der Waals surface area (Å²) in [6, 6.07) is 11.2. The molecule has 9 heteroatoms. The summed E-state index contributed by atoms with van der Waals surface area (Å²) in [5, 5.41) is 3.20. The monoisotopic (exact) mass is 486 g/mol. The molecule has 1 N–H and O–H groups in total. The number of rotatable bonds is 8. The van der Waals surface area contributed by atoms with E-state index in [2.05, 4.69) is 26.1 Å². The molecule has 170 valence electrons. The second kappa shape index (κ2) is 10.1. The second-order valence-electron chi connectivity index (χ2n) is 8.25. The molecular weight excluding hydrogens is 459 g/mol. The first kappa shape index (κ1) is 25.3. The van der Waals surface area contributed by atoms with Gasteiger partial charge in [0, 0.05) is 0 Å². The molecule has 1 atom stereocenters. The maximum atomic E-state index is 12.6. The Kier molecular flexibility index (Phi) is 8.25. The number of amides is 1. The number of nitrogens with one attached hydrogen (secondary N) is 1. The maximum Gasteiger partial charge on any atom is 0.243 e. The van der Waals surface area contributed by atoms with Gasteiger partial charge in [-0.25, -0.2) is 8.42 Å². The van der Waals surface area contributed by atoms with Gasteiger partial charge in [0.2, 0.25) is 15.9 Å². The van der Waals surface area contributed by atoms with E-state index in [1.807, 2.05) is 24.3 Å². The quantitative estimate of drug-likeness (QED) is 0.551. The van der Waals surface area contributed by atoms with Crippen molar-refractivity contribution in [1.82, 2.24) is 5.32 Å². The third-order valence-corrected chi connectivity index (χ3v) is 6.62. The Hall–Kier alpha value is -1.96. The van der Waals surface area contributed by atoms with Crippen molar-refractivity contribution in [1.29, 1.82) is 0 Å². The highest BCUT2D eigenvalue weighted by Crippen LogP contribution is 2.29. The van der Waals surface area contributed by atoms with E-state index in [1.165, 1.54) is 30.7 Å². The first-order valence-electron chi connectivity index (χ1n) is 9.76. The average Bonchev–Trinajstić information content (AvgIpc) is 2.66. The summed E-state index contributed by atoms with van der Waals surface area (Å²) in [5.74, 6) is 0.243. The van der Waals surface area contributed by atoms with Crippen LogP contribution >= 0.6 is 23.2 Å². The fourth-order valence-electron chi connectivity index (χ4n) is 2.97. The average molecular weight is 487 g/mol. The molecule has 0 heterocycles. The first-order chi connectivity index (χ1) is 14.3. The summed E-state index contributed by atoms with van der Waals surface area (Å²) in [5.41, 5.74) is 1.52. The van der Waals surface area contributed by atoms with Gasteiger partial charge in [0.05, 0.1) is 28.5 Å². The van der Waals surface area contributed by atoms with Gasteiger partial charge < -0.3 is 10.1 Å². The maximum absolute atomic E-state index is 12.6. The van der Waals surface area contributed by atoms with Crippen molar-refractivity contribution < 1.29 is 17.9 Å². The molecular formula is C22H28Cl2N2O4S. The predicted molar refractivity (Wildman–Crippen MR) is 127 cm³/mol. The van der Waals surface area contributed by atoms with E-state index in [-0.39, 0.29) is 29.3 Å². The fraction of sp³-hybridized carbons (Fsp3) is 0.409. The molecule has 2 rings (SSSR count). The van der Waals surface area contributed by atoms with E-state index in [4.69, 9.17) is 27.9 Å². The van der Waals surface area contributed by atoms with Crippen molar-refractivity contribution in [3.05, 3.63) is 58.1 Å². The van der Waals surface area contributed by atoms with E-state index < -0.39 is 22.0 Å². The summed E-state index contributed by atoms with van der Waals surface area (Å²) in [7, 11) is -3.74. The number of sulfonamides is 1. The summed E-state index contributed by atoms with van der Waals surface area (Å²) < 4.78 is 31.3. The number of halogens is 2. The minimum atomic E-state index is -3.74. The van der Waals surface area contributed by atoms with Crippen molar-refractivity contribution >= 4 is 44.8 Å². The number of anilines is 1. The van der Waals surface area contributed by atoms with E-state index in [0.717, 1.165) is 10.6 Å². The van der Waals surface area contributed by atoms with Crippen molar-refractivity contribution in [3.63, 3.8) is 0 Å². The highest BCUT2D eigenvalue weighted by Gasteiger charge is 2.29. The normalized spacial score (nSPS) is 12.9. The molecule has 31 heavy (non-hydrogen) atoms. The van der Waals surface area contributed by atoms with Crippen LogP contribution in [0.1, 0.15) is 33.3 Å². The van der Waals surface area contributed by atoms with Gasteiger partial charge in [0.1, 0.15) is 18.4 Å². The zero-order valence-electron chi connectivity index (χ0n) is 18.3. The number of hydrogen-bond donors (Lipinski definition) is 1. The summed E-state index contributed by atoms with van der Waals surface area (Å²) in [4.78, 5) is 12.6. The van der Waals surface area contributed by atoms with Crippen molar-refractivity contribution in [2.24, 2.45) is 0 Å². The van der Waals surface area contributed by atoms with Crippen LogP contribution in [0.2, 0.25) is 10.0 Å². The third kappa shape index (κ3) is 7.02. The Morgan fingerprint density at radius 2 is 1.71 bits per heavy atom. The lowest BCUT2D eigenvalue weighted by molar-refractivity contribution is -0.121. The number of carbonyl (C=O) groups is 1. The number of carbonyl (C=O) groups excluding carboxylic acids is 1. The van der Waals surface area contributed by atoms with Crippen LogP contribution in [-0.2, 0) is 20.2 Å². The topological polar surface area (TPSA) is 75.7 Å². The van der Waals surface area contributed by atoms with Crippen LogP contribution in [0.5, 0.6) is 5.75 Å². The molecule has 0 aliphatic heterocycles. The van der Waals surface area contributed by atoms with Crippen LogP contribution in [0.3, 0.4) is 0 Å². The minimum absolute atomic E-state index is 0.0580. The van der Waals surface area contributed by atoms with Crippen LogP contribution in [0.15, 0.2) is 42.5 Å². The molecule has 2 aromatic carbocycles. The zero-order valence-corrected chi connectivity index (χ0v) is 20.6. The lowest BCUT2D eigenvalue weighted by Gasteiger charge is -2.28. The lowest BCUT2D eigenvalue weighted by Crippen LogP contribution is -2.48. The molecule has 0 fully saturated rings. The van der Waals surface area contributed by atoms with Gasteiger partial charge in [-0.15, -0.1) is 0 Å². The van der Waals surface area contributed by atoms with E-state index in [0.29, 0.717) is 10.8 Å². The summed E-state index contributed by atoms with van der Waals surface area (Å²) in [6.07, 6.45) is 1.03. The molecule has 0 aliphatic carbocycles. The molecule has 0 aromatic heterocycles. The summed E-state index contributed by atoms with van der Waals surface area (Å²) >= 11 is 11.9. The Morgan fingerprint density at radius 3 is 2.23 bits per heavy atom. The van der Waals surface area contributed by atoms with Crippen LogP contribution in [0.25, 0.3) is 0 Å². The molecule has 0 unspecified atom stereocenters. The minimum Gasteiger partial charge on any atom is -0.492 e. The predicted octanol–water partition coefficient (Wildman–Crippen LogP) is 4.64. The van der Waals surface area contributed by atoms with E-state index in [1.54, 1.807) is 0 Å². The first-order valence-corrected chi connectivity index (χ1v) is 12.4. The lowest BCUT2D eigenvalue weighted by atomic mass is 9.87. The highest BCUT2D eigenvalue weighted by atomic mass is 35.5. The Bertz CT molecular complexity index is 1020. The van der Waals surface area contributed by atoms with Gasteiger partial charge in [-0.2, -0.15) is 0 Å². The van der Waals surface area contributed by atoms with Crippen molar-refractivity contribution in [2.75, 3.05) is 23.7 Å². The van der Waals surface area contributed by atoms with Gasteiger partial charge in [-0.05, 0) is 48.2 Å². The molecule has 0 spiro atoms. The van der Waals surface area contributed by atoms with Crippen LogP contribution in [-0.4, -0.2) is 39.8 Å². The molecule has 0 saturated carbocycles. The van der Waals surface area contributed by atoms with Crippen LogP contribution in [0.4, 0.5) is 5.69 Å². The van der Waals surface area contributed by atoms with Crippen molar-refractivity contribution in [2.45, 2.75) is 39.2 Å². The molecule has 0 bridgehead atoms. The number of benzene rings is 2. The fourth-order valence-corrected chi connectivity index (χ4v) is 4.43. The molecule has 6 nitrogen and oxygen atoms in total. The molecule has 0 aliphatic rings.